The molecule has 0 aromatic rings. The van der Waals surface area contributed by atoms with Gasteiger partial charge in [-0.25, -0.2) is 4.79 Å². The van der Waals surface area contributed by atoms with Crippen LogP contribution in [0.15, 0.2) is 0 Å². The lowest BCUT2D eigenvalue weighted by Gasteiger charge is -2.16. The molecule has 0 fully saturated rings. The van der Waals surface area contributed by atoms with Crippen molar-refractivity contribution in [3.05, 3.63) is 0 Å². The monoisotopic (exact) mass is 234 g/mol. The summed E-state index contributed by atoms with van der Waals surface area (Å²) in [5, 5.41) is 16.5. The number of carbonyl (C=O) groups is 2. The molecule has 0 aliphatic rings. The van der Waals surface area contributed by atoms with Crippen molar-refractivity contribution >= 4 is 36.8 Å². The van der Waals surface area contributed by atoms with E-state index in [-0.39, 0.29) is 37.7 Å². The average Bonchev–Trinajstić information content (AvgIpc) is 1.84. The molecule has 0 saturated heterocycles. The zero-order valence-electron chi connectivity index (χ0n) is 6.60. The van der Waals surface area contributed by atoms with Gasteiger partial charge in [-0.1, -0.05) is 0 Å². The van der Waals surface area contributed by atoms with E-state index in [1.807, 2.05) is 0 Å². The Balaban J connectivity index is -0.000000500. The topological polar surface area (TPSA) is 127 Å². The van der Waals surface area contributed by atoms with Gasteiger partial charge < -0.3 is 21.7 Å². The number of rotatable bonds is 4. The normalized spacial score (nSPS) is 9.38. The minimum Gasteiger partial charge on any atom is -0.481 e. The molecular weight excluding hydrogens is 223 g/mol. The second-order valence-corrected chi connectivity index (χ2v) is 2.24. The van der Waals surface area contributed by atoms with Crippen LogP contribution in [0.25, 0.3) is 0 Å². The molecule has 13 heavy (non-hydrogen) atoms. The van der Waals surface area contributed by atoms with Crippen molar-refractivity contribution < 1.29 is 19.8 Å². The number of aliphatic carboxylic acids is 2. The third kappa shape index (κ3) is 7.79. The zero-order valence-corrected chi connectivity index (χ0v) is 8.23. The van der Waals surface area contributed by atoms with Gasteiger partial charge in [-0.15, -0.1) is 24.8 Å². The van der Waals surface area contributed by atoms with E-state index in [2.05, 4.69) is 0 Å². The highest BCUT2D eigenvalue weighted by atomic mass is 35.5. The summed E-state index contributed by atoms with van der Waals surface area (Å²) in [6.45, 7) is 0. The van der Waals surface area contributed by atoms with Gasteiger partial charge in [-0.05, 0) is 6.42 Å². The lowest BCUT2D eigenvalue weighted by molar-refractivity contribution is -0.144. The molecule has 0 aliphatic carbocycles. The minimum absolute atomic E-state index is 0. The lowest BCUT2D eigenvalue weighted by Crippen LogP contribution is -2.56. The summed E-state index contributed by atoms with van der Waals surface area (Å²) in [5.41, 5.74) is 8.11. The predicted octanol–water partition coefficient (Wildman–Crippen LogP) is -0.607. The standard InChI is InChI=1S/C5H10N2O4.2ClH/c6-5(7,4(10)11)2-1-3(8)9;;/h1-2,6-7H2,(H,8,9)(H,10,11);2*1H. The molecular formula is C5H12Cl2N2O4. The van der Waals surface area contributed by atoms with Crippen LogP contribution >= 0.6 is 24.8 Å². The van der Waals surface area contributed by atoms with E-state index in [1.165, 1.54) is 0 Å². The Labute approximate surface area is 87.1 Å². The fourth-order valence-corrected chi connectivity index (χ4v) is 0.421. The summed E-state index contributed by atoms with van der Waals surface area (Å²) in [5.74, 6) is -2.52. The molecule has 0 atom stereocenters. The Morgan fingerprint density at radius 3 is 1.77 bits per heavy atom. The second-order valence-electron chi connectivity index (χ2n) is 2.24. The van der Waals surface area contributed by atoms with Crippen LogP contribution in [0, 0.1) is 0 Å². The summed E-state index contributed by atoms with van der Waals surface area (Å²) in [6, 6.07) is 0. The van der Waals surface area contributed by atoms with Gasteiger partial charge in [0, 0.05) is 6.42 Å². The quantitative estimate of drug-likeness (QED) is 0.481. The number of hydrogen-bond acceptors (Lipinski definition) is 4. The Kier molecular flexibility index (Phi) is 9.70. The molecule has 0 spiro atoms. The highest BCUT2D eigenvalue weighted by molar-refractivity contribution is 5.85. The lowest BCUT2D eigenvalue weighted by atomic mass is 10.1. The maximum absolute atomic E-state index is 10.2. The SMILES string of the molecule is Cl.Cl.NC(N)(CCC(=O)O)C(=O)O. The highest BCUT2D eigenvalue weighted by Crippen LogP contribution is 2.01. The van der Waals surface area contributed by atoms with Gasteiger partial charge in [-0.3, -0.25) is 4.79 Å². The first-order chi connectivity index (χ1) is 4.86. The van der Waals surface area contributed by atoms with E-state index in [4.69, 9.17) is 21.7 Å². The van der Waals surface area contributed by atoms with Crippen molar-refractivity contribution in [2.24, 2.45) is 11.5 Å². The first-order valence-electron chi connectivity index (χ1n) is 2.89. The molecule has 0 rings (SSSR count). The summed E-state index contributed by atoms with van der Waals surface area (Å²) >= 11 is 0. The van der Waals surface area contributed by atoms with Crippen LogP contribution in [0.5, 0.6) is 0 Å². The van der Waals surface area contributed by atoms with Crippen molar-refractivity contribution in [1.82, 2.24) is 0 Å². The minimum atomic E-state index is -1.93. The molecule has 8 heteroatoms. The number of nitrogens with two attached hydrogens (primary N) is 2. The zero-order chi connectivity index (χ0) is 9.07. The van der Waals surface area contributed by atoms with Crippen LogP contribution in [0.3, 0.4) is 0 Å². The van der Waals surface area contributed by atoms with Crippen LogP contribution < -0.4 is 11.5 Å². The van der Waals surface area contributed by atoms with Crippen LogP contribution in [0.1, 0.15) is 12.8 Å². The van der Waals surface area contributed by atoms with E-state index in [0.717, 1.165) is 0 Å². The third-order valence-electron chi connectivity index (χ3n) is 1.15. The number of carboxylic acids is 2. The van der Waals surface area contributed by atoms with Crippen LogP contribution in [-0.2, 0) is 9.59 Å². The highest BCUT2D eigenvalue weighted by Gasteiger charge is 2.28. The number of halogens is 2. The molecule has 0 aliphatic heterocycles. The first kappa shape index (κ1) is 18.3. The largest absolute Gasteiger partial charge is 0.481 e. The summed E-state index contributed by atoms with van der Waals surface area (Å²) < 4.78 is 0. The molecule has 0 aromatic heterocycles. The van der Waals surface area contributed by atoms with Crippen molar-refractivity contribution in [1.29, 1.82) is 0 Å². The molecule has 0 aromatic carbocycles. The van der Waals surface area contributed by atoms with Gasteiger partial charge >= 0.3 is 11.9 Å². The van der Waals surface area contributed by atoms with Gasteiger partial charge in [0.25, 0.3) is 0 Å². The van der Waals surface area contributed by atoms with Crippen molar-refractivity contribution in [2.75, 3.05) is 0 Å². The Hall–Kier alpha value is -0.560. The molecule has 0 bridgehead atoms. The third-order valence-corrected chi connectivity index (χ3v) is 1.15. The van der Waals surface area contributed by atoms with Crippen LogP contribution in [-0.4, -0.2) is 27.8 Å². The van der Waals surface area contributed by atoms with Crippen molar-refractivity contribution in [3.8, 4) is 0 Å². The second kappa shape index (κ2) is 6.90. The van der Waals surface area contributed by atoms with Gasteiger partial charge in [0.2, 0.25) is 0 Å². The average molecular weight is 235 g/mol. The van der Waals surface area contributed by atoms with Gasteiger partial charge in [0.1, 0.15) is 0 Å². The fourth-order valence-electron chi connectivity index (χ4n) is 0.421. The first-order valence-corrected chi connectivity index (χ1v) is 2.89. The molecule has 0 amide bonds. The van der Waals surface area contributed by atoms with Crippen molar-refractivity contribution in [3.63, 3.8) is 0 Å². The van der Waals surface area contributed by atoms with Crippen LogP contribution in [0.2, 0.25) is 0 Å². The maximum Gasteiger partial charge on any atom is 0.338 e. The van der Waals surface area contributed by atoms with Gasteiger partial charge in [-0.2, -0.15) is 0 Å². The molecule has 6 N–H and O–H groups in total. The number of hydrogen-bond donors (Lipinski definition) is 4. The Bertz CT molecular complexity index is 185. The molecule has 80 valence electrons. The fraction of sp³-hybridized carbons (Fsp3) is 0.600. The van der Waals surface area contributed by atoms with Gasteiger partial charge in [0.05, 0.1) is 0 Å². The van der Waals surface area contributed by atoms with E-state index < -0.39 is 17.6 Å². The van der Waals surface area contributed by atoms with E-state index in [0.29, 0.717) is 0 Å². The Morgan fingerprint density at radius 2 is 1.54 bits per heavy atom. The predicted molar refractivity (Wildman–Crippen MR) is 50.1 cm³/mol. The van der Waals surface area contributed by atoms with E-state index >= 15 is 0 Å². The van der Waals surface area contributed by atoms with Crippen molar-refractivity contribution in [2.45, 2.75) is 18.5 Å². The maximum atomic E-state index is 10.2. The molecule has 0 unspecified atom stereocenters. The summed E-state index contributed by atoms with van der Waals surface area (Å²) in [4.78, 5) is 20.2. The smallest absolute Gasteiger partial charge is 0.338 e. The van der Waals surface area contributed by atoms with Crippen LogP contribution in [0.4, 0.5) is 0 Å². The van der Waals surface area contributed by atoms with Gasteiger partial charge in [0.15, 0.2) is 5.66 Å². The van der Waals surface area contributed by atoms with E-state index in [9.17, 15) is 9.59 Å². The summed E-state index contributed by atoms with van der Waals surface area (Å²) in [7, 11) is 0. The molecule has 0 radical (unpaired) electrons. The van der Waals surface area contributed by atoms with E-state index in [1.54, 1.807) is 0 Å². The molecule has 0 heterocycles. The number of carboxylic acid groups (broad SMARTS) is 2. The Morgan fingerprint density at radius 1 is 1.15 bits per heavy atom. The molecule has 0 saturated carbocycles. The molecule has 6 nitrogen and oxygen atoms in total. The summed E-state index contributed by atoms with van der Waals surface area (Å²) in [6.07, 6.45) is -0.628.